The van der Waals surface area contributed by atoms with Gasteiger partial charge in [-0.2, -0.15) is 5.26 Å². The Labute approximate surface area is 110 Å². The van der Waals surface area contributed by atoms with Crippen LogP contribution in [-0.2, 0) is 0 Å². The molecule has 3 aromatic rings. The number of nitriles is 1. The third-order valence-corrected chi connectivity index (χ3v) is 3.16. The van der Waals surface area contributed by atoms with E-state index in [1.807, 2.05) is 32.9 Å². The van der Waals surface area contributed by atoms with Gasteiger partial charge < -0.3 is 4.98 Å². The average molecular weight is 251 g/mol. The Kier molecular flexibility index (Phi) is 2.39. The molecule has 0 aromatic carbocycles. The van der Waals surface area contributed by atoms with Gasteiger partial charge in [0.05, 0.1) is 5.56 Å². The molecule has 0 aliphatic carbocycles. The first-order valence-corrected chi connectivity index (χ1v) is 6.02. The zero-order chi connectivity index (χ0) is 13.6. The summed E-state index contributed by atoms with van der Waals surface area (Å²) in [5.41, 5.74) is 5.36. The molecule has 3 heterocycles. The molecule has 5 nitrogen and oxygen atoms in total. The second-order valence-electron chi connectivity index (χ2n) is 4.68. The van der Waals surface area contributed by atoms with Gasteiger partial charge in [0.2, 0.25) is 0 Å². The highest BCUT2D eigenvalue weighted by molar-refractivity contribution is 5.63. The lowest BCUT2D eigenvalue weighted by molar-refractivity contribution is 0.977. The van der Waals surface area contributed by atoms with Crippen LogP contribution in [-0.4, -0.2) is 19.6 Å². The van der Waals surface area contributed by atoms with Crippen LogP contribution in [0.3, 0.4) is 0 Å². The fourth-order valence-electron chi connectivity index (χ4n) is 2.27. The van der Waals surface area contributed by atoms with E-state index in [2.05, 4.69) is 21.1 Å². The molecule has 0 spiro atoms. The van der Waals surface area contributed by atoms with Crippen molar-refractivity contribution in [1.82, 2.24) is 19.6 Å². The molecule has 1 N–H and O–H groups in total. The van der Waals surface area contributed by atoms with Crippen LogP contribution in [0, 0.1) is 32.1 Å². The molecule has 0 unspecified atom stereocenters. The third-order valence-electron chi connectivity index (χ3n) is 3.16. The van der Waals surface area contributed by atoms with Crippen LogP contribution in [0.2, 0.25) is 0 Å². The van der Waals surface area contributed by atoms with Crippen molar-refractivity contribution in [2.75, 3.05) is 0 Å². The summed E-state index contributed by atoms with van der Waals surface area (Å²) < 4.78 is 1.72. The third kappa shape index (κ3) is 1.78. The van der Waals surface area contributed by atoms with Crippen molar-refractivity contribution in [2.24, 2.45) is 0 Å². The molecule has 3 aromatic heterocycles. The van der Waals surface area contributed by atoms with Gasteiger partial charge in [0.1, 0.15) is 11.7 Å². The maximum absolute atomic E-state index is 8.98. The van der Waals surface area contributed by atoms with E-state index in [9.17, 15) is 0 Å². The van der Waals surface area contributed by atoms with Crippen LogP contribution in [0.25, 0.3) is 17.0 Å². The number of nitrogens with zero attached hydrogens (tertiary/aromatic N) is 4. The Morgan fingerprint density at radius 3 is 2.47 bits per heavy atom. The predicted molar refractivity (Wildman–Crippen MR) is 71.7 cm³/mol. The molecule has 0 saturated heterocycles. The smallest absolute Gasteiger partial charge is 0.159 e. The minimum Gasteiger partial charge on any atom is -0.323 e. The van der Waals surface area contributed by atoms with E-state index in [4.69, 9.17) is 5.26 Å². The molecule has 3 rings (SSSR count). The fourth-order valence-corrected chi connectivity index (χ4v) is 2.27. The van der Waals surface area contributed by atoms with Gasteiger partial charge >= 0.3 is 0 Å². The minimum absolute atomic E-state index is 0.646. The lowest BCUT2D eigenvalue weighted by Gasteiger charge is -2.00. The maximum Gasteiger partial charge on any atom is 0.159 e. The molecule has 0 aliphatic rings. The van der Waals surface area contributed by atoms with Crippen molar-refractivity contribution < 1.29 is 0 Å². The van der Waals surface area contributed by atoms with E-state index >= 15 is 0 Å². The number of aromatic nitrogens is 4. The highest BCUT2D eigenvalue weighted by atomic mass is 15.3. The van der Waals surface area contributed by atoms with E-state index in [0.29, 0.717) is 5.56 Å². The Morgan fingerprint density at radius 1 is 1.21 bits per heavy atom. The number of hydrogen-bond donors (Lipinski definition) is 1. The monoisotopic (exact) mass is 251 g/mol. The number of hydrogen-bond acceptors (Lipinski definition) is 3. The highest BCUT2D eigenvalue weighted by Gasteiger charge is 2.12. The van der Waals surface area contributed by atoms with Crippen molar-refractivity contribution in [2.45, 2.75) is 20.8 Å². The molecule has 0 fully saturated rings. The first-order chi connectivity index (χ1) is 9.08. The Morgan fingerprint density at radius 2 is 1.89 bits per heavy atom. The predicted octanol–water partition coefficient (Wildman–Crippen LogP) is 2.52. The number of H-pyrrole nitrogens is 1. The van der Waals surface area contributed by atoms with Crippen LogP contribution in [0.4, 0.5) is 0 Å². The molecule has 0 radical (unpaired) electrons. The molecule has 94 valence electrons. The van der Waals surface area contributed by atoms with E-state index in [1.165, 1.54) is 0 Å². The van der Waals surface area contributed by atoms with Gasteiger partial charge in [0, 0.05) is 28.7 Å². The lowest BCUT2D eigenvalue weighted by atomic mass is 10.2. The van der Waals surface area contributed by atoms with Crippen LogP contribution in [0.5, 0.6) is 0 Å². The molecule has 0 atom stereocenters. The molecule has 5 heteroatoms. The van der Waals surface area contributed by atoms with Crippen molar-refractivity contribution in [3.63, 3.8) is 0 Å². The summed E-state index contributed by atoms with van der Waals surface area (Å²) in [7, 11) is 0. The number of fused-ring (bicyclic) bond motifs is 1. The van der Waals surface area contributed by atoms with Gasteiger partial charge in [-0.05, 0) is 32.9 Å². The standard InChI is InChI=1S/C14H13N5/c1-8-4-11(5-9(2)16-8)13-17-14-10(3)12(6-15)7-19(14)18-13/h4-5,7H,1-3H3,(H,17,18). The van der Waals surface area contributed by atoms with Gasteiger partial charge in [-0.1, -0.05) is 0 Å². The van der Waals surface area contributed by atoms with Crippen molar-refractivity contribution in [3.8, 4) is 17.5 Å². The fraction of sp³-hybridized carbons (Fsp3) is 0.214. The maximum atomic E-state index is 8.98. The summed E-state index contributed by atoms with van der Waals surface area (Å²) >= 11 is 0. The first-order valence-electron chi connectivity index (χ1n) is 6.02. The van der Waals surface area contributed by atoms with E-state index < -0.39 is 0 Å². The largest absolute Gasteiger partial charge is 0.323 e. The summed E-state index contributed by atoms with van der Waals surface area (Å²) in [6, 6.07) is 6.14. The quantitative estimate of drug-likeness (QED) is 0.722. The topological polar surface area (TPSA) is 69.8 Å². The second-order valence-corrected chi connectivity index (χ2v) is 4.68. The molecular weight excluding hydrogens is 238 g/mol. The summed E-state index contributed by atoms with van der Waals surface area (Å²) in [6.45, 7) is 5.84. The number of aryl methyl sites for hydroxylation is 3. The van der Waals surface area contributed by atoms with Gasteiger partial charge in [0.15, 0.2) is 5.82 Å². The van der Waals surface area contributed by atoms with E-state index in [0.717, 1.165) is 34.0 Å². The molecule has 0 aliphatic heterocycles. The molecule has 0 bridgehead atoms. The normalized spacial score (nSPS) is 10.8. The molecule has 0 amide bonds. The van der Waals surface area contributed by atoms with Crippen LogP contribution < -0.4 is 0 Å². The molecule has 19 heavy (non-hydrogen) atoms. The average Bonchev–Trinajstić information content (AvgIpc) is 2.88. The van der Waals surface area contributed by atoms with E-state index in [1.54, 1.807) is 10.7 Å². The van der Waals surface area contributed by atoms with E-state index in [-0.39, 0.29) is 0 Å². The Bertz CT molecular complexity index is 796. The number of aromatic amines is 1. The highest BCUT2D eigenvalue weighted by Crippen LogP contribution is 2.21. The van der Waals surface area contributed by atoms with Gasteiger partial charge in [-0.3, -0.25) is 4.98 Å². The summed E-state index contributed by atoms with van der Waals surface area (Å²) in [6.07, 6.45) is 1.74. The zero-order valence-electron chi connectivity index (χ0n) is 11.0. The first kappa shape index (κ1) is 11.5. The van der Waals surface area contributed by atoms with Crippen LogP contribution in [0.1, 0.15) is 22.5 Å². The number of nitrogens with one attached hydrogen (secondary N) is 1. The van der Waals surface area contributed by atoms with Crippen molar-refractivity contribution in [3.05, 3.63) is 40.8 Å². The van der Waals surface area contributed by atoms with Crippen molar-refractivity contribution >= 4 is 5.65 Å². The Balaban J connectivity index is 2.19. The second kappa shape index (κ2) is 3.95. The lowest BCUT2D eigenvalue weighted by Crippen LogP contribution is -1.90. The van der Waals surface area contributed by atoms with Crippen LogP contribution in [0.15, 0.2) is 18.3 Å². The SMILES string of the molecule is Cc1cc(-c2nn3cc(C#N)c(C)c3[nH]2)cc(C)n1. The van der Waals surface area contributed by atoms with Gasteiger partial charge in [-0.15, -0.1) is 5.10 Å². The zero-order valence-corrected chi connectivity index (χ0v) is 11.0. The molecular formula is C14H13N5. The minimum atomic E-state index is 0.646. The van der Waals surface area contributed by atoms with Gasteiger partial charge in [-0.25, -0.2) is 4.52 Å². The number of rotatable bonds is 1. The molecule has 0 saturated carbocycles. The van der Waals surface area contributed by atoms with Crippen molar-refractivity contribution in [1.29, 1.82) is 5.26 Å². The summed E-state index contributed by atoms with van der Waals surface area (Å²) in [5, 5.41) is 13.5. The summed E-state index contributed by atoms with van der Waals surface area (Å²) in [4.78, 5) is 7.62. The number of pyridine rings is 1. The van der Waals surface area contributed by atoms with Crippen LogP contribution >= 0.6 is 0 Å². The van der Waals surface area contributed by atoms with Gasteiger partial charge in [0.25, 0.3) is 0 Å². The Hall–Kier alpha value is -2.61. The summed E-state index contributed by atoms with van der Waals surface area (Å²) in [5.74, 6) is 0.788.